The van der Waals surface area contributed by atoms with Gasteiger partial charge in [0.2, 0.25) is 0 Å². The highest BCUT2D eigenvalue weighted by Gasteiger charge is 2.39. The Balaban J connectivity index is 1.54. The molecule has 0 saturated carbocycles. The lowest BCUT2D eigenvalue weighted by Crippen LogP contribution is -2.53. The van der Waals surface area contributed by atoms with E-state index in [1.54, 1.807) is 24.1 Å². The van der Waals surface area contributed by atoms with E-state index in [1.165, 1.54) is 24.3 Å². The van der Waals surface area contributed by atoms with Gasteiger partial charge in [0.1, 0.15) is 24.3 Å². The highest BCUT2D eigenvalue weighted by Crippen LogP contribution is 2.32. The maximum atomic E-state index is 13.4. The van der Waals surface area contributed by atoms with Crippen molar-refractivity contribution in [3.63, 3.8) is 0 Å². The molecule has 1 saturated heterocycles. The number of fused-ring (bicyclic) bond motifs is 2. The number of carbonyl (C=O) groups is 3. The van der Waals surface area contributed by atoms with E-state index in [0.717, 1.165) is 6.07 Å². The lowest BCUT2D eigenvalue weighted by molar-refractivity contribution is -0.148. The third kappa shape index (κ3) is 4.57. The number of hydrogen-bond donors (Lipinski definition) is 2. The second-order valence-corrected chi connectivity index (χ2v) is 7.94. The second kappa shape index (κ2) is 8.96. The molecule has 9 heteroatoms. The first kappa shape index (κ1) is 21.8. The largest absolute Gasteiger partial charge is 0.490 e. The molecule has 32 heavy (non-hydrogen) atoms. The molecule has 1 fully saturated rings. The SMILES string of the molecule is CN1C(=O)c2cc(NC(=O)c3cccc(F)c3)ccc2OC[C@H]2O[C@H](CC(=O)O)CC[C@@H]21. The zero-order chi connectivity index (χ0) is 22.8. The normalized spacial score (nSPS) is 22.6. The summed E-state index contributed by atoms with van der Waals surface area (Å²) in [5, 5.41) is 11.7. The summed E-state index contributed by atoms with van der Waals surface area (Å²) < 4.78 is 25.2. The van der Waals surface area contributed by atoms with Crippen molar-refractivity contribution in [1.29, 1.82) is 0 Å². The molecule has 2 aliphatic rings. The Kier molecular flexibility index (Phi) is 6.09. The van der Waals surface area contributed by atoms with E-state index in [2.05, 4.69) is 5.32 Å². The predicted octanol–water partition coefficient (Wildman–Crippen LogP) is 2.93. The Hall–Kier alpha value is -3.46. The van der Waals surface area contributed by atoms with Gasteiger partial charge in [0.15, 0.2) is 0 Å². The molecule has 0 unspecified atom stereocenters. The number of likely N-dealkylation sites (N-methyl/N-ethyl adjacent to an activating group) is 1. The number of anilines is 1. The summed E-state index contributed by atoms with van der Waals surface area (Å²) in [5.41, 5.74) is 0.826. The van der Waals surface area contributed by atoms with Crippen molar-refractivity contribution in [2.45, 2.75) is 37.5 Å². The van der Waals surface area contributed by atoms with Gasteiger partial charge in [0.25, 0.3) is 11.8 Å². The first-order valence-corrected chi connectivity index (χ1v) is 10.3. The maximum Gasteiger partial charge on any atom is 0.305 e. The van der Waals surface area contributed by atoms with Crippen LogP contribution < -0.4 is 10.1 Å². The minimum absolute atomic E-state index is 0.0914. The molecule has 2 aromatic carbocycles. The average molecular weight is 442 g/mol. The number of ether oxygens (including phenoxy) is 2. The fourth-order valence-corrected chi connectivity index (χ4v) is 4.13. The van der Waals surface area contributed by atoms with Crippen LogP contribution in [-0.4, -0.2) is 59.7 Å². The van der Waals surface area contributed by atoms with Crippen LogP contribution in [0.2, 0.25) is 0 Å². The van der Waals surface area contributed by atoms with Gasteiger partial charge in [-0.15, -0.1) is 0 Å². The van der Waals surface area contributed by atoms with E-state index >= 15 is 0 Å². The molecule has 168 valence electrons. The number of carboxylic acid groups (broad SMARTS) is 1. The molecule has 2 amide bonds. The number of nitrogens with one attached hydrogen (secondary N) is 1. The number of carboxylic acids is 1. The van der Waals surface area contributed by atoms with Crippen molar-refractivity contribution in [3.8, 4) is 5.75 Å². The van der Waals surface area contributed by atoms with E-state index in [-0.39, 0.29) is 36.1 Å². The van der Waals surface area contributed by atoms with Gasteiger partial charge in [0.05, 0.1) is 24.1 Å². The molecular formula is C23H23FN2O6. The van der Waals surface area contributed by atoms with Crippen LogP contribution in [-0.2, 0) is 9.53 Å². The molecule has 0 spiro atoms. The Morgan fingerprint density at radius 2 is 2.03 bits per heavy atom. The minimum Gasteiger partial charge on any atom is -0.490 e. The minimum atomic E-state index is -0.928. The topological polar surface area (TPSA) is 105 Å². The van der Waals surface area contributed by atoms with Crippen molar-refractivity contribution in [2.75, 3.05) is 19.0 Å². The number of hydrogen-bond acceptors (Lipinski definition) is 5. The standard InChI is InChI=1S/C23H23FN2O6/c1-26-18-7-6-16(11-21(27)28)32-20(18)12-31-19-8-5-15(10-17(19)23(26)30)25-22(29)13-3-2-4-14(24)9-13/h2-5,8-10,16,18,20H,6-7,11-12H2,1H3,(H,25,29)(H,27,28)/t16-,18-,20+/m0/s1. The summed E-state index contributed by atoms with van der Waals surface area (Å²) in [6, 6.07) is 9.77. The molecule has 2 aromatic rings. The summed E-state index contributed by atoms with van der Waals surface area (Å²) in [5.74, 6) is -1.90. The third-order valence-electron chi connectivity index (χ3n) is 5.76. The quantitative estimate of drug-likeness (QED) is 0.754. The Morgan fingerprint density at radius 3 is 2.78 bits per heavy atom. The first-order valence-electron chi connectivity index (χ1n) is 10.3. The van der Waals surface area contributed by atoms with Crippen LogP contribution in [0, 0.1) is 5.82 Å². The monoisotopic (exact) mass is 442 g/mol. The van der Waals surface area contributed by atoms with Crippen molar-refractivity contribution in [2.24, 2.45) is 0 Å². The number of aliphatic carboxylic acids is 1. The molecular weight excluding hydrogens is 419 g/mol. The number of benzene rings is 2. The average Bonchev–Trinajstić information content (AvgIpc) is 2.76. The van der Waals surface area contributed by atoms with Gasteiger partial charge in [-0.25, -0.2) is 4.39 Å². The molecule has 2 N–H and O–H groups in total. The summed E-state index contributed by atoms with van der Waals surface area (Å²) >= 11 is 0. The van der Waals surface area contributed by atoms with E-state index in [0.29, 0.717) is 24.3 Å². The fourth-order valence-electron chi connectivity index (χ4n) is 4.13. The van der Waals surface area contributed by atoms with Crippen LogP contribution in [0.4, 0.5) is 10.1 Å². The van der Waals surface area contributed by atoms with Gasteiger partial charge >= 0.3 is 5.97 Å². The van der Waals surface area contributed by atoms with Crippen LogP contribution in [0.3, 0.4) is 0 Å². The summed E-state index contributed by atoms with van der Waals surface area (Å²) in [6.45, 7) is 0.167. The lowest BCUT2D eigenvalue weighted by Gasteiger charge is -2.42. The highest BCUT2D eigenvalue weighted by molar-refractivity contribution is 6.05. The zero-order valence-corrected chi connectivity index (χ0v) is 17.4. The molecule has 0 radical (unpaired) electrons. The predicted molar refractivity (Wildman–Crippen MR) is 112 cm³/mol. The van der Waals surface area contributed by atoms with Gasteiger partial charge in [0, 0.05) is 18.3 Å². The van der Waals surface area contributed by atoms with Gasteiger partial charge in [-0.05, 0) is 49.2 Å². The van der Waals surface area contributed by atoms with Crippen molar-refractivity contribution < 1.29 is 33.4 Å². The van der Waals surface area contributed by atoms with Crippen LogP contribution in [0.25, 0.3) is 0 Å². The zero-order valence-electron chi connectivity index (χ0n) is 17.4. The number of nitrogens with zero attached hydrogens (tertiary/aromatic N) is 1. The van der Waals surface area contributed by atoms with Crippen molar-refractivity contribution in [1.82, 2.24) is 4.90 Å². The van der Waals surface area contributed by atoms with Crippen LogP contribution >= 0.6 is 0 Å². The van der Waals surface area contributed by atoms with E-state index in [4.69, 9.17) is 14.6 Å². The molecule has 2 heterocycles. The molecule has 2 aliphatic heterocycles. The Morgan fingerprint density at radius 1 is 1.22 bits per heavy atom. The molecule has 8 nitrogen and oxygen atoms in total. The third-order valence-corrected chi connectivity index (χ3v) is 5.76. The summed E-state index contributed by atoms with van der Waals surface area (Å²) in [6.07, 6.45) is 0.176. The maximum absolute atomic E-state index is 13.4. The first-order chi connectivity index (χ1) is 15.3. The van der Waals surface area contributed by atoms with Crippen LogP contribution in [0.15, 0.2) is 42.5 Å². The van der Waals surface area contributed by atoms with Gasteiger partial charge in [-0.1, -0.05) is 6.07 Å². The van der Waals surface area contributed by atoms with Gasteiger partial charge in [-0.2, -0.15) is 0 Å². The summed E-state index contributed by atoms with van der Waals surface area (Å²) in [4.78, 5) is 38.2. The van der Waals surface area contributed by atoms with E-state index in [9.17, 15) is 18.8 Å². The number of halogens is 1. The smallest absolute Gasteiger partial charge is 0.305 e. The van der Waals surface area contributed by atoms with E-state index < -0.39 is 29.9 Å². The number of amides is 2. The van der Waals surface area contributed by atoms with Gasteiger partial charge in [-0.3, -0.25) is 14.4 Å². The molecule has 4 rings (SSSR count). The van der Waals surface area contributed by atoms with E-state index in [1.807, 2.05) is 0 Å². The second-order valence-electron chi connectivity index (χ2n) is 7.94. The van der Waals surface area contributed by atoms with Crippen molar-refractivity contribution >= 4 is 23.5 Å². The molecule has 3 atom stereocenters. The fraction of sp³-hybridized carbons (Fsp3) is 0.348. The van der Waals surface area contributed by atoms with Crippen LogP contribution in [0.5, 0.6) is 5.75 Å². The molecule has 0 aliphatic carbocycles. The van der Waals surface area contributed by atoms with Crippen molar-refractivity contribution in [3.05, 3.63) is 59.4 Å². The summed E-state index contributed by atoms with van der Waals surface area (Å²) in [7, 11) is 1.67. The van der Waals surface area contributed by atoms with Crippen LogP contribution in [0.1, 0.15) is 40.0 Å². The molecule has 0 aromatic heterocycles. The highest BCUT2D eigenvalue weighted by atomic mass is 19.1. The Labute approximate surface area is 183 Å². The number of rotatable bonds is 4. The Bertz CT molecular complexity index is 1060. The lowest BCUT2D eigenvalue weighted by atomic mass is 9.94. The molecule has 0 bridgehead atoms. The number of carbonyl (C=O) groups excluding carboxylic acids is 2. The van der Waals surface area contributed by atoms with Gasteiger partial charge < -0.3 is 24.8 Å².